The number of hydrogen-bond donors (Lipinski definition) is 1. The van der Waals surface area contributed by atoms with Crippen molar-refractivity contribution in [2.24, 2.45) is 0 Å². The molecular formula is C9H14N2O3. The van der Waals surface area contributed by atoms with Crippen LogP contribution in [0.5, 0.6) is 0 Å². The average Bonchev–Trinajstić information content (AvgIpc) is 2.48. The summed E-state index contributed by atoms with van der Waals surface area (Å²) in [5.41, 5.74) is 0.772. The molecule has 1 aromatic rings. The van der Waals surface area contributed by atoms with E-state index in [0.717, 1.165) is 0 Å². The van der Waals surface area contributed by atoms with Crippen LogP contribution >= 0.6 is 0 Å². The summed E-state index contributed by atoms with van der Waals surface area (Å²) in [6.07, 6.45) is 1.53. The zero-order valence-electron chi connectivity index (χ0n) is 8.52. The Morgan fingerprint density at radius 2 is 2.43 bits per heavy atom. The first-order chi connectivity index (χ1) is 6.56. The van der Waals surface area contributed by atoms with Gasteiger partial charge in [0.1, 0.15) is 5.56 Å². The van der Waals surface area contributed by atoms with E-state index in [0.29, 0.717) is 12.3 Å². The lowest BCUT2D eigenvalue weighted by molar-refractivity contribution is 0.0696. The SMILES string of the molecule is COCC(C)n1cc(C(=O)O)c(C)n1. The van der Waals surface area contributed by atoms with Crippen molar-refractivity contribution in [3.63, 3.8) is 0 Å². The first kappa shape index (κ1) is 10.7. The van der Waals surface area contributed by atoms with Crippen LogP contribution in [0.3, 0.4) is 0 Å². The molecule has 1 rings (SSSR count). The molecule has 0 saturated carbocycles. The maximum Gasteiger partial charge on any atom is 0.339 e. The van der Waals surface area contributed by atoms with Gasteiger partial charge >= 0.3 is 5.97 Å². The number of aromatic nitrogens is 2. The summed E-state index contributed by atoms with van der Waals surface area (Å²) in [7, 11) is 1.60. The molecule has 1 N–H and O–H groups in total. The van der Waals surface area contributed by atoms with Gasteiger partial charge in [-0.25, -0.2) is 4.79 Å². The summed E-state index contributed by atoms with van der Waals surface area (Å²) >= 11 is 0. The number of carboxylic acids is 1. The third-order valence-electron chi connectivity index (χ3n) is 2.01. The topological polar surface area (TPSA) is 64.3 Å². The van der Waals surface area contributed by atoms with Crippen molar-refractivity contribution in [1.29, 1.82) is 0 Å². The molecule has 5 heteroatoms. The summed E-state index contributed by atoms with van der Waals surface area (Å²) in [6.45, 7) is 4.11. The van der Waals surface area contributed by atoms with Gasteiger partial charge in [-0.05, 0) is 13.8 Å². The normalized spacial score (nSPS) is 12.8. The second-order valence-corrected chi connectivity index (χ2v) is 3.22. The van der Waals surface area contributed by atoms with Gasteiger partial charge in [0.05, 0.1) is 18.3 Å². The van der Waals surface area contributed by atoms with E-state index in [1.165, 1.54) is 6.20 Å². The summed E-state index contributed by atoms with van der Waals surface area (Å²) in [5.74, 6) is -0.946. The summed E-state index contributed by atoms with van der Waals surface area (Å²) < 4.78 is 6.57. The van der Waals surface area contributed by atoms with E-state index in [4.69, 9.17) is 9.84 Å². The molecule has 1 unspecified atom stereocenters. The molecule has 0 aliphatic carbocycles. The van der Waals surface area contributed by atoms with Gasteiger partial charge in [-0.1, -0.05) is 0 Å². The second kappa shape index (κ2) is 4.23. The number of ether oxygens (including phenoxy) is 1. The number of rotatable bonds is 4. The third-order valence-corrected chi connectivity index (χ3v) is 2.01. The van der Waals surface area contributed by atoms with Crippen molar-refractivity contribution in [3.8, 4) is 0 Å². The first-order valence-electron chi connectivity index (χ1n) is 4.34. The highest BCUT2D eigenvalue weighted by Crippen LogP contribution is 2.10. The molecule has 0 bridgehead atoms. The molecule has 0 spiro atoms. The van der Waals surface area contributed by atoms with E-state index in [2.05, 4.69) is 5.10 Å². The maximum atomic E-state index is 10.7. The number of aromatic carboxylic acids is 1. The molecule has 0 aliphatic heterocycles. The van der Waals surface area contributed by atoms with Gasteiger partial charge in [0.2, 0.25) is 0 Å². The highest BCUT2D eigenvalue weighted by atomic mass is 16.5. The lowest BCUT2D eigenvalue weighted by atomic mass is 10.3. The van der Waals surface area contributed by atoms with Crippen LogP contribution in [-0.2, 0) is 4.74 Å². The van der Waals surface area contributed by atoms with Crippen molar-refractivity contribution >= 4 is 5.97 Å². The van der Waals surface area contributed by atoms with Gasteiger partial charge in [0.25, 0.3) is 0 Å². The van der Waals surface area contributed by atoms with Crippen LogP contribution in [0.2, 0.25) is 0 Å². The van der Waals surface area contributed by atoms with E-state index < -0.39 is 5.97 Å². The summed E-state index contributed by atoms with van der Waals surface area (Å²) in [6, 6.07) is 0.0480. The molecular weight excluding hydrogens is 184 g/mol. The molecule has 0 radical (unpaired) electrons. The molecule has 0 saturated heterocycles. The lowest BCUT2D eigenvalue weighted by Crippen LogP contribution is -2.11. The van der Waals surface area contributed by atoms with E-state index >= 15 is 0 Å². The average molecular weight is 198 g/mol. The van der Waals surface area contributed by atoms with Gasteiger partial charge in [0.15, 0.2) is 0 Å². The van der Waals surface area contributed by atoms with Crippen molar-refractivity contribution < 1.29 is 14.6 Å². The minimum Gasteiger partial charge on any atom is -0.478 e. The Labute approximate surface area is 82.3 Å². The van der Waals surface area contributed by atoms with Crippen LogP contribution in [0.25, 0.3) is 0 Å². The van der Waals surface area contributed by atoms with Gasteiger partial charge in [-0.15, -0.1) is 0 Å². The van der Waals surface area contributed by atoms with E-state index in [1.807, 2.05) is 6.92 Å². The van der Waals surface area contributed by atoms with Crippen LogP contribution in [-0.4, -0.2) is 34.6 Å². The molecule has 0 amide bonds. The molecule has 0 aromatic carbocycles. The van der Waals surface area contributed by atoms with Gasteiger partial charge in [-0.3, -0.25) is 4.68 Å². The monoisotopic (exact) mass is 198 g/mol. The zero-order chi connectivity index (χ0) is 10.7. The van der Waals surface area contributed by atoms with Gasteiger partial charge < -0.3 is 9.84 Å². The first-order valence-corrected chi connectivity index (χ1v) is 4.34. The number of carboxylic acid groups (broad SMARTS) is 1. The Morgan fingerprint density at radius 1 is 1.79 bits per heavy atom. The van der Waals surface area contributed by atoms with Crippen molar-refractivity contribution in [2.75, 3.05) is 13.7 Å². The maximum absolute atomic E-state index is 10.7. The predicted octanol–water partition coefficient (Wildman–Crippen LogP) is 1.10. The molecule has 1 atom stereocenters. The van der Waals surface area contributed by atoms with Crippen LogP contribution in [0.4, 0.5) is 0 Å². The molecule has 1 aromatic heterocycles. The van der Waals surface area contributed by atoms with E-state index in [1.54, 1.807) is 18.7 Å². The number of nitrogens with zero attached hydrogens (tertiary/aromatic N) is 2. The number of carbonyl (C=O) groups is 1. The minimum atomic E-state index is -0.946. The molecule has 5 nitrogen and oxygen atoms in total. The Bertz CT molecular complexity index is 333. The van der Waals surface area contributed by atoms with Crippen molar-refractivity contribution in [2.45, 2.75) is 19.9 Å². The largest absolute Gasteiger partial charge is 0.478 e. The smallest absolute Gasteiger partial charge is 0.339 e. The minimum absolute atomic E-state index is 0.0480. The standard InChI is InChI=1S/C9H14N2O3/c1-6(5-14-3)11-4-8(9(12)13)7(2)10-11/h4,6H,5H2,1-3H3,(H,12,13). The second-order valence-electron chi connectivity index (χ2n) is 3.22. The van der Waals surface area contributed by atoms with Crippen LogP contribution < -0.4 is 0 Å². The zero-order valence-corrected chi connectivity index (χ0v) is 8.52. The lowest BCUT2D eigenvalue weighted by Gasteiger charge is -2.09. The van der Waals surface area contributed by atoms with Gasteiger partial charge in [-0.2, -0.15) is 5.10 Å². The predicted molar refractivity (Wildman–Crippen MR) is 50.5 cm³/mol. The third kappa shape index (κ3) is 2.11. The molecule has 0 fully saturated rings. The fourth-order valence-corrected chi connectivity index (χ4v) is 1.23. The van der Waals surface area contributed by atoms with Crippen molar-refractivity contribution in [1.82, 2.24) is 9.78 Å². The van der Waals surface area contributed by atoms with Crippen LogP contribution in [0, 0.1) is 6.92 Å². The highest BCUT2D eigenvalue weighted by molar-refractivity contribution is 5.88. The molecule has 1 heterocycles. The number of hydrogen-bond acceptors (Lipinski definition) is 3. The fraction of sp³-hybridized carbons (Fsp3) is 0.556. The van der Waals surface area contributed by atoms with Crippen LogP contribution in [0.1, 0.15) is 29.0 Å². The van der Waals surface area contributed by atoms with Crippen LogP contribution in [0.15, 0.2) is 6.20 Å². The Hall–Kier alpha value is -1.36. The molecule has 14 heavy (non-hydrogen) atoms. The van der Waals surface area contributed by atoms with Gasteiger partial charge in [0, 0.05) is 13.3 Å². The Morgan fingerprint density at radius 3 is 2.86 bits per heavy atom. The number of aryl methyl sites for hydroxylation is 1. The van der Waals surface area contributed by atoms with E-state index in [9.17, 15) is 4.79 Å². The molecule has 0 aliphatic rings. The highest BCUT2D eigenvalue weighted by Gasteiger charge is 2.14. The quantitative estimate of drug-likeness (QED) is 0.786. The fourth-order valence-electron chi connectivity index (χ4n) is 1.23. The summed E-state index contributed by atoms with van der Waals surface area (Å²) in [5, 5.41) is 12.9. The Balaban J connectivity index is 2.90. The van der Waals surface area contributed by atoms with E-state index in [-0.39, 0.29) is 11.6 Å². The molecule has 78 valence electrons. The summed E-state index contributed by atoms with van der Waals surface area (Å²) in [4.78, 5) is 10.7. The number of methoxy groups -OCH3 is 1. The Kier molecular flexibility index (Phi) is 3.24. The van der Waals surface area contributed by atoms with Crippen molar-refractivity contribution in [3.05, 3.63) is 17.5 Å².